The Morgan fingerprint density at radius 2 is 2.15 bits per heavy atom. The van der Waals surface area contributed by atoms with Gasteiger partial charge in [-0.15, -0.1) is 0 Å². The molecule has 1 aliphatic heterocycles. The molecule has 0 saturated carbocycles. The van der Waals surface area contributed by atoms with Crippen LogP contribution in [0.5, 0.6) is 5.75 Å². The molecule has 2 heterocycles. The Labute approximate surface area is 119 Å². The van der Waals surface area contributed by atoms with Crippen molar-refractivity contribution < 1.29 is 4.74 Å². The van der Waals surface area contributed by atoms with Crippen molar-refractivity contribution in [2.24, 2.45) is 0 Å². The van der Waals surface area contributed by atoms with E-state index in [-0.39, 0.29) is 0 Å². The van der Waals surface area contributed by atoms with Gasteiger partial charge in [-0.3, -0.25) is 0 Å². The summed E-state index contributed by atoms with van der Waals surface area (Å²) in [4.78, 5) is 7.90. The summed E-state index contributed by atoms with van der Waals surface area (Å²) in [5.74, 6) is 1.97. The number of imidazole rings is 1. The highest BCUT2D eigenvalue weighted by atomic mass is 16.5. The average Bonchev–Trinajstić information content (AvgIpc) is 3.12. The molecule has 0 amide bonds. The van der Waals surface area contributed by atoms with E-state index in [1.807, 2.05) is 25.3 Å². The van der Waals surface area contributed by atoms with Gasteiger partial charge in [0.25, 0.3) is 0 Å². The van der Waals surface area contributed by atoms with Crippen LogP contribution < -0.4 is 10.1 Å². The van der Waals surface area contributed by atoms with Crippen molar-refractivity contribution >= 4 is 0 Å². The maximum Gasteiger partial charge on any atom is 0.119 e. The molecule has 4 nitrogen and oxygen atoms in total. The van der Waals surface area contributed by atoms with Crippen LogP contribution in [-0.4, -0.2) is 29.2 Å². The number of rotatable bonds is 5. The van der Waals surface area contributed by atoms with Gasteiger partial charge in [-0.05, 0) is 56.1 Å². The number of benzene rings is 1. The molecule has 3 rings (SSSR count). The van der Waals surface area contributed by atoms with Crippen molar-refractivity contribution in [1.82, 2.24) is 15.3 Å². The molecule has 1 fully saturated rings. The zero-order valence-corrected chi connectivity index (χ0v) is 11.9. The van der Waals surface area contributed by atoms with Gasteiger partial charge in [0.1, 0.15) is 11.6 Å². The van der Waals surface area contributed by atoms with Crippen LogP contribution in [0.15, 0.2) is 30.5 Å². The topological polar surface area (TPSA) is 49.9 Å². The highest BCUT2D eigenvalue weighted by Gasteiger charge is 2.16. The Balaban J connectivity index is 1.68. The number of ether oxygens (including phenoxy) is 1. The second-order valence-electron chi connectivity index (χ2n) is 5.20. The molecule has 1 aliphatic rings. The third-order valence-corrected chi connectivity index (χ3v) is 3.71. The number of hydrogen-bond donors (Lipinski definition) is 2. The van der Waals surface area contributed by atoms with Crippen LogP contribution in [0.1, 0.15) is 25.6 Å². The van der Waals surface area contributed by atoms with Crippen LogP contribution in [0.25, 0.3) is 11.3 Å². The number of H-pyrrole nitrogens is 1. The first kappa shape index (κ1) is 13.2. The van der Waals surface area contributed by atoms with Crippen LogP contribution in [0.2, 0.25) is 0 Å². The van der Waals surface area contributed by atoms with E-state index in [2.05, 4.69) is 27.4 Å². The van der Waals surface area contributed by atoms with E-state index in [0.29, 0.717) is 12.6 Å². The normalized spacial score (nSPS) is 18.4. The van der Waals surface area contributed by atoms with Crippen LogP contribution in [0.3, 0.4) is 0 Å². The van der Waals surface area contributed by atoms with E-state index in [0.717, 1.165) is 35.8 Å². The Kier molecular flexibility index (Phi) is 4.02. The molecule has 1 atom stereocenters. The van der Waals surface area contributed by atoms with Gasteiger partial charge in [-0.25, -0.2) is 4.98 Å². The monoisotopic (exact) mass is 271 g/mol. The molecule has 1 aromatic carbocycles. The van der Waals surface area contributed by atoms with Crippen molar-refractivity contribution in [3.8, 4) is 17.0 Å². The second-order valence-corrected chi connectivity index (χ2v) is 5.20. The molecule has 0 spiro atoms. The molecule has 4 heteroatoms. The molecular weight excluding hydrogens is 250 g/mol. The number of nitrogens with one attached hydrogen (secondary N) is 2. The lowest BCUT2D eigenvalue weighted by Crippen LogP contribution is -2.24. The standard InChI is InChI=1S/C16H21N3O/c1-2-20-14-7-5-12(6-8-14)15-11-18-16(19-15)10-13-4-3-9-17-13/h5-8,11,13,17H,2-4,9-10H2,1H3,(H,18,19). The summed E-state index contributed by atoms with van der Waals surface area (Å²) in [5, 5.41) is 3.50. The fourth-order valence-corrected chi connectivity index (χ4v) is 2.67. The van der Waals surface area contributed by atoms with Crippen LogP contribution >= 0.6 is 0 Å². The van der Waals surface area contributed by atoms with Gasteiger partial charge < -0.3 is 15.0 Å². The van der Waals surface area contributed by atoms with Gasteiger partial charge in [0.2, 0.25) is 0 Å². The third kappa shape index (κ3) is 3.02. The van der Waals surface area contributed by atoms with E-state index in [4.69, 9.17) is 4.74 Å². The molecule has 1 saturated heterocycles. The minimum atomic E-state index is 0.578. The molecule has 0 radical (unpaired) electrons. The zero-order valence-electron chi connectivity index (χ0n) is 11.9. The van der Waals surface area contributed by atoms with Crippen LogP contribution in [0, 0.1) is 0 Å². The first-order valence-electron chi connectivity index (χ1n) is 7.35. The molecule has 0 aliphatic carbocycles. The summed E-state index contributed by atoms with van der Waals surface area (Å²) in [6, 6.07) is 8.71. The lowest BCUT2D eigenvalue weighted by molar-refractivity contribution is 0.340. The van der Waals surface area contributed by atoms with Gasteiger partial charge in [-0.1, -0.05) is 0 Å². The average molecular weight is 271 g/mol. The van der Waals surface area contributed by atoms with E-state index >= 15 is 0 Å². The molecule has 20 heavy (non-hydrogen) atoms. The van der Waals surface area contributed by atoms with Gasteiger partial charge >= 0.3 is 0 Å². The summed E-state index contributed by atoms with van der Waals surface area (Å²) in [6.45, 7) is 3.82. The zero-order chi connectivity index (χ0) is 13.8. The van der Waals surface area contributed by atoms with Crippen LogP contribution in [-0.2, 0) is 6.42 Å². The van der Waals surface area contributed by atoms with Gasteiger partial charge in [0, 0.05) is 12.5 Å². The van der Waals surface area contributed by atoms with E-state index < -0.39 is 0 Å². The number of aromatic nitrogens is 2. The maximum absolute atomic E-state index is 5.46. The van der Waals surface area contributed by atoms with Gasteiger partial charge in [-0.2, -0.15) is 0 Å². The molecule has 1 aromatic heterocycles. The van der Waals surface area contributed by atoms with E-state index in [9.17, 15) is 0 Å². The molecule has 106 valence electrons. The molecule has 2 N–H and O–H groups in total. The van der Waals surface area contributed by atoms with Gasteiger partial charge in [0.05, 0.1) is 18.5 Å². The van der Waals surface area contributed by atoms with E-state index in [1.165, 1.54) is 12.8 Å². The minimum absolute atomic E-state index is 0.578. The minimum Gasteiger partial charge on any atom is -0.494 e. The van der Waals surface area contributed by atoms with Crippen molar-refractivity contribution in [2.45, 2.75) is 32.2 Å². The third-order valence-electron chi connectivity index (χ3n) is 3.71. The summed E-state index contributed by atoms with van der Waals surface area (Å²) in [5.41, 5.74) is 2.22. The Hall–Kier alpha value is -1.81. The molecule has 2 aromatic rings. The lowest BCUT2D eigenvalue weighted by Gasteiger charge is -2.07. The summed E-state index contributed by atoms with van der Waals surface area (Å²) in [7, 11) is 0. The van der Waals surface area contributed by atoms with E-state index in [1.54, 1.807) is 0 Å². The SMILES string of the molecule is CCOc1ccc(-c2cnc(CC3CCCN3)[nH]2)cc1. The molecular formula is C16H21N3O. The Morgan fingerprint density at radius 1 is 1.30 bits per heavy atom. The molecule has 0 bridgehead atoms. The maximum atomic E-state index is 5.46. The highest BCUT2D eigenvalue weighted by molar-refractivity contribution is 5.59. The predicted molar refractivity (Wildman–Crippen MR) is 79.9 cm³/mol. The van der Waals surface area contributed by atoms with Crippen LogP contribution in [0.4, 0.5) is 0 Å². The van der Waals surface area contributed by atoms with Crippen molar-refractivity contribution in [2.75, 3.05) is 13.2 Å². The number of nitrogens with zero attached hydrogens (tertiary/aromatic N) is 1. The van der Waals surface area contributed by atoms with Gasteiger partial charge in [0.15, 0.2) is 0 Å². The van der Waals surface area contributed by atoms with Crippen molar-refractivity contribution in [3.63, 3.8) is 0 Å². The number of hydrogen-bond acceptors (Lipinski definition) is 3. The summed E-state index contributed by atoms with van der Waals surface area (Å²) >= 11 is 0. The fourth-order valence-electron chi connectivity index (χ4n) is 2.67. The fraction of sp³-hybridized carbons (Fsp3) is 0.438. The second kappa shape index (κ2) is 6.09. The van der Waals surface area contributed by atoms with Crippen molar-refractivity contribution in [1.29, 1.82) is 0 Å². The smallest absolute Gasteiger partial charge is 0.119 e. The number of aromatic amines is 1. The first-order valence-corrected chi connectivity index (χ1v) is 7.35. The Morgan fingerprint density at radius 3 is 2.85 bits per heavy atom. The summed E-state index contributed by atoms with van der Waals surface area (Å²) in [6.07, 6.45) is 5.42. The quantitative estimate of drug-likeness (QED) is 0.879. The lowest BCUT2D eigenvalue weighted by atomic mass is 10.1. The predicted octanol–water partition coefficient (Wildman–Crippen LogP) is 2.77. The highest BCUT2D eigenvalue weighted by Crippen LogP contribution is 2.21. The molecule has 1 unspecified atom stereocenters. The first-order chi connectivity index (χ1) is 9.85. The largest absolute Gasteiger partial charge is 0.494 e. The Bertz CT molecular complexity index is 541. The summed E-state index contributed by atoms with van der Waals surface area (Å²) < 4.78 is 5.46. The van der Waals surface area contributed by atoms with Crippen molar-refractivity contribution in [3.05, 3.63) is 36.3 Å².